The number of hydrogen-bond acceptors (Lipinski definition) is 1. The molecule has 0 saturated heterocycles. The van der Waals surface area contributed by atoms with Crippen LogP contribution >= 0.6 is 0 Å². The molecule has 0 aromatic carbocycles. The van der Waals surface area contributed by atoms with E-state index in [0.717, 1.165) is 11.8 Å². The van der Waals surface area contributed by atoms with Crippen LogP contribution in [0.2, 0.25) is 0 Å². The second kappa shape index (κ2) is 4.73. The van der Waals surface area contributed by atoms with Crippen molar-refractivity contribution in [3.63, 3.8) is 0 Å². The van der Waals surface area contributed by atoms with Gasteiger partial charge in [-0.05, 0) is 79.6 Å². The molecule has 0 aromatic rings. The minimum atomic E-state index is 0.386. The van der Waals surface area contributed by atoms with Gasteiger partial charge in [-0.25, -0.2) is 0 Å². The maximum Gasteiger partial charge on any atom is 0.0172 e. The molecule has 20 heavy (non-hydrogen) atoms. The van der Waals surface area contributed by atoms with Gasteiger partial charge in [-0.1, -0.05) is 34.6 Å². The highest BCUT2D eigenvalue weighted by molar-refractivity contribution is 5.11. The van der Waals surface area contributed by atoms with Crippen LogP contribution in [0.5, 0.6) is 0 Å². The highest BCUT2D eigenvalue weighted by Gasteiger charge is 2.59. The van der Waals surface area contributed by atoms with Crippen LogP contribution < -0.4 is 5.32 Å². The summed E-state index contributed by atoms with van der Waals surface area (Å²) in [6, 6.07) is 0.708. The van der Waals surface area contributed by atoms with Gasteiger partial charge in [0.2, 0.25) is 0 Å². The van der Waals surface area contributed by atoms with E-state index in [1.807, 2.05) is 0 Å². The summed E-state index contributed by atoms with van der Waals surface area (Å²) in [5.74, 6) is 2.07. The topological polar surface area (TPSA) is 12.0 Å². The number of rotatable bonds is 4. The molecule has 0 spiro atoms. The zero-order valence-electron chi connectivity index (χ0n) is 14.4. The first-order valence-electron chi connectivity index (χ1n) is 9.00. The molecule has 0 amide bonds. The van der Waals surface area contributed by atoms with Crippen LogP contribution in [0.1, 0.15) is 79.6 Å². The van der Waals surface area contributed by atoms with Crippen LogP contribution in [0, 0.1) is 28.1 Å². The molecule has 1 heteroatoms. The lowest BCUT2D eigenvalue weighted by Crippen LogP contribution is -2.62. The Kier molecular flexibility index (Phi) is 3.52. The van der Waals surface area contributed by atoms with Crippen molar-refractivity contribution in [2.75, 3.05) is 6.54 Å². The molecule has 3 unspecified atom stereocenters. The molecule has 4 aliphatic carbocycles. The van der Waals surface area contributed by atoms with E-state index in [0.29, 0.717) is 22.3 Å². The maximum absolute atomic E-state index is 3.98. The van der Waals surface area contributed by atoms with Gasteiger partial charge in [0.25, 0.3) is 0 Å². The van der Waals surface area contributed by atoms with Crippen molar-refractivity contribution in [3.8, 4) is 0 Å². The summed E-state index contributed by atoms with van der Waals surface area (Å²) in [6.07, 6.45) is 10.4. The lowest BCUT2D eigenvalue weighted by molar-refractivity contribution is -0.133. The van der Waals surface area contributed by atoms with E-state index < -0.39 is 0 Å². The third-order valence-electron chi connectivity index (χ3n) is 6.48. The molecule has 4 rings (SSSR count). The quantitative estimate of drug-likeness (QED) is 0.762. The minimum Gasteiger partial charge on any atom is -0.313 e. The second-order valence-corrected chi connectivity index (χ2v) is 9.89. The van der Waals surface area contributed by atoms with Crippen LogP contribution in [0.25, 0.3) is 0 Å². The summed E-state index contributed by atoms with van der Waals surface area (Å²) in [5, 5.41) is 3.98. The Morgan fingerprint density at radius 3 is 2.15 bits per heavy atom. The molecule has 4 bridgehead atoms. The van der Waals surface area contributed by atoms with Crippen molar-refractivity contribution >= 4 is 0 Å². The van der Waals surface area contributed by atoms with E-state index in [1.165, 1.54) is 45.1 Å². The molecule has 116 valence electrons. The predicted octanol–water partition coefficient (Wildman–Crippen LogP) is 5.01. The molecule has 0 aliphatic heterocycles. The van der Waals surface area contributed by atoms with Gasteiger partial charge in [-0.3, -0.25) is 0 Å². The first kappa shape index (κ1) is 14.9. The smallest absolute Gasteiger partial charge is 0.0172 e. The van der Waals surface area contributed by atoms with Crippen LogP contribution in [-0.4, -0.2) is 12.6 Å². The van der Waals surface area contributed by atoms with Crippen LogP contribution in [0.4, 0.5) is 0 Å². The highest BCUT2D eigenvalue weighted by Crippen LogP contribution is 2.67. The predicted molar refractivity (Wildman–Crippen MR) is 86.8 cm³/mol. The molecule has 3 atom stereocenters. The lowest BCUT2D eigenvalue weighted by Gasteiger charge is -2.65. The van der Waals surface area contributed by atoms with Crippen LogP contribution in [-0.2, 0) is 0 Å². The summed E-state index contributed by atoms with van der Waals surface area (Å²) in [4.78, 5) is 0. The van der Waals surface area contributed by atoms with E-state index in [1.54, 1.807) is 6.42 Å². The highest BCUT2D eigenvalue weighted by atomic mass is 15.0. The molecule has 4 aliphatic rings. The summed E-state index contributed by atoms with van der Waals surface area (Å²) in [5.41, 5.74) is 1.66. The van der Waals surface area contributed by atoms with E-state index in [4.69, 9.17) is 0 Å². The van der Waals surface area contributed by atoms with E-state index in [2.05, 4.69) is 39.9 Å². The van der Waals surface area contributed by atoms with Gasteiger partial charge in [0, 0.05) is 6.04 Å². The van der Waals surface area contributed by atoms with Gasteiger partial charge >= 0.3 is 0 Å². The molecule has 1 nitrogen and oxygen atoms in total. The average Bonchev–Trinajstić information content (AvgIpc) is 2.23. The van der Waals surface area contributed by atoms with E-state index in [-0.39, 0.29) is 0 Å². The van der Waals surface area contributed by atoms with Crippen molar-refractivity contribution in [2.45, 2.75) is 85.6 Å². The molecule has 0 aromatic heterocycles. The summed E-state index contributed by atoms with van der Waals surface area (Å²) in [6.45, 7) is 13.5. The Balaban J connectivity index is 1.89. The van der Waals surface area contributed by atoms with Gasteiger partial charge < -0.3 is 5.32 Å². The number of hydrogen-bond donors (Lipinski definition) is 1. The summed E-state index contributed by atoms with van der Waals surface area (Å²) >= 11 is 0. The van der Waals surface area contributed by atoms with Crippen molar-refractivity contribution < 1.29 is 0 Å². The van der Waals surface area contributed by atoms with E-state index >= 15 is 0 Å². The molecular weight excluding hydrogens is 242 g/mol. The average molecular weight is 277 g/mol. The molecule has 4 saturated carbocycles. The molecule has 4 fully saturated rings. The zero-order chi connectivity index (χ0) is 14.6. The fourth-order valence-electron chi connectivity index (χ4n) is 6.87. The van der Waals surface area contributed by atoms with Crippen LogP contribution in [0.15, 0.2) is 0 Å². The Morgan fingerprint density at radius 2 is 1.70 bits per heavy atom. The fourth-order valence-corrected chi connectivity index (χ4v) is 6.87. The van der Waals surface area contributed by atoms with Gasteiger partial charge in [-0.2, -0.15) is 0 Å². The molecule has 1 N–H and O–H groups in total. The number of nitrogens with one attached hydrogen (secondary N) is 1. The molecule has 0 heterocycles. The third-order valence-corrected chi connectivity index (χ3v) is 6.48. The Labute approximate surface area is 126 Å². The SMILES string of the molecule is CCCNC(C(C)(C)C)C12CC3CC(CC(C)(C3)C1)C2. The molecule has 0 radical (unpaired) electrons. The van der Waals surface area contributed by atoms with Crippen molar-refractivity contribution in [1.29, 1.82) is 0 Å². The molecular formula is C19H35N. The normalized spacial score (nSPS) is 44.9. The van der Waals surface area contributed by atoms with Gasteiger partial charge in [-0.15, -0.1) is 0 Å². The zero-order valence-corrected chi connectivity index (χ0v) is 14.4. The van der Waals surface area contributed by atoms with E-state index in [9.17, 15) is 0 Å². The minimum absolute atomic E-state index is 0.386. The summed E-state index contributed by atoms with van der Waals surface area (Å²) in [7, 11) is 0. The first-order valence-corrected chi connectivity index (χ1v) is 9.00. The van der Waals surface area contributed by atoms with Gasteiger partial charge in [0.1, 0.15) is 0 Å². The first-order chi connectivity index (χ1) is 9.26. The second-order valence-electron chi connectivity index (χ2n) is 9.89. The van der Waals surface area contributed by atoms with Crippen molar-refractivity contribution in [1.82, 2.24) is 5.32 Å². The van der Waals surface area contributed by atoms with Crippen LogP contribution in [0.3, 0.4) is 0 Å². The van der Waals surface area contributed by atoms with Crippen molar-refractivity contribution in [3.05, 3.63) is 0 Å². The standard InChI is InChI=1S/C19H35N/c1-6-7-20-16(17(2,3)4)19-11-14-8-15(12-19)10-18(5,9-14)13-19/h14-16,20H,6-13H2,1-5H3. The third kappa shape index (κ3) is 2.45. The Morgan fingerprint density at radius 1 is 1.10 bits per heavy atom. The van der Waals surface area contributed by atoms with Gasteiger partial charge in [0.05, 0.1) is 0 Å². The Bertz CT molecular complexity index is 350. The Hall–Kier alpha value is -0.0400. The fraction of sp³-hybridized carbons (Fsp3) is 1.00. The maximum atomic E-state index is 3.98. The lowest BCUT2D eigenvalue weighted by atomic mass is 9.41. The largest absolute Gasteiger partial charge is 0.313 e. The van der Waals surface area contributed by atoms with Crippen molar-refractivity contribution in [2.24, 2.45) is 28.1 Å². The van der Waals surface area contributed by atoms with Gasteiger partial charge in [0.15, 0.2) is 0 Å². The monoisotopic (exact) mass is 277 g/mol. The summed E-state index contributed by atoms with van der Waals surface area (Å²) < 4.78 is 0.